The molecule has 168 valence electrons. The van der Waals surface area contributed by atoms with Crippen LogP contribution in [-0.4, -0.2) is 30.1 Å². The maximum absolute atomic E-state index is 12.9. The fourth-order valence-electron chi connectivity index (χ4n) is 2.69. The molecular weight excluding hydrogens is 435 g/mol. The predicted octanol–water partition coefficient (Wildman–Crippen LogP) is 1.95. The van der Waals surface area contributed by atoms with Crippen LogP contribution >= 0.6 is 0 Å². The van der Waals surface area contributed by atoms with Gasteiger partial charge in [0, 0.05) is 25.8 Å². The third-order valence-corrected chi connectivity index (χ3v) is 4.30. The monoisotopic (exact) mass is 451 g/mol. The number of nitrogens with one attached hydrogen (secondary N) is 1. The number of hydrogen-bond donors (Lipinski definition) is 2. The van der Waals surface area contributed by atoms with Gasteiger partial charge in [-0.3, -0.25) is 18.7 Å². The van der Waals surface area contributed by atoms with Gasteiger partial charge in [-0.1, -0.05) is 0 Å². The molecule has 13 heteroatoms. The van der Waals surface area contributed by atoms with E-state index in [1.165, 1.54) is 38.2 Å². The topological polar surface area (TPSA) is 128 Å². The van der Waals surface area contributed by atoms with Crippen LogP contribution in [0.2, 0.25) is 0 Å². The van der Waals surface area contributed by atoms with Gasteiger partial charge in [-0.05, 0) is 31.2 Å². The van der Waals surface area contributed by atoms with Crippen molar-refractivity contribution in [3.05, 3.63) is 68.3 Å². The van der Waals surface area contributed by atoms with Crippen LogP contribution in [0.1, 0.15) is 21.9 Å². The number of ether oxygens (including phenoxy) is 1. The Morgan fingerprint density at radius 3 is 2.31 bits per heavy atom. The van der Waals surface area contributed by atoms with Crippen LogP contribution in [0.15, 0.2) is 39.9 Å². The summed E-state index contributed by atoms with van der Waals surface area (Å²) in [6.45, 7) is 1.29. The Morgan fingerprint density at radius 2 is 1.72 bits per heavy atom. The van der Waals surface area contributed by atoms with Crippen molar-refractivity contribution < 1.29 is 27.8 Å². The van der Waals surface area contributed by atoms with Gasteiger partial charge in [0.2, 0.25) is 11.8 Å². The number of rotatable bonds is 4. The van der Waals surface area contributed by atoms with E-state index in [1.54, 1.807) is 0 Å². The Bertz CT molecular complexity index is 1310. The number of benzene rings is 1. The summed E-state index contributed by atoms with van der Waals surface area (Å²) >= 11 is 0. The first-order valence-corrected chi connectivity index (χ1v) is 8.89. The number of aromatic hydroxyl groups is 1. The highest BCUT2D eigenvalue weighted by Crippen LogP contribution is 2.31. The highest BCUT2D eigenvalue weighted by Gasteiger charge is 2.33. The standard InChI is InChI=1S/C19H16F3N5O5/c1-9-23-12(19(20,21)22)8-13(24-9)32-11-6-4-10(5-7-11)25-15(28)14-16(29)26(2)18(31)27(3)17(14)30/h4-8,29H,1-3H3,(H,25,28). The minimum Gasteiger partial charge on any atom is -0.494 e. The molecule has 1 aromatic carbocycles. The SMILES string of the molecule is Cc1nc(Oc2ccc(NC(=O)c3c(O)n(C)c(=O)n(C)c3=O)cc2)cc(C(F)(F)F)n1. The molecule has 2 aromatic heterocycles. The Morgan fingerprint density at radius 1 is 1.09 bits per heavy atom. The second-order valence-electron chi connectivity index (χ2n) is 6.62. The van der Waals surface area contributed by atoms with Crippen LogP contribution < -0.4 is 21.3 Å². The van der Waals surface area contributed by atoms with Crippen LogP contribution in [-0.2, 0) is 20.3 Å². The van der Waals surface area contributed by atoms with E-state index in [4.69, 9.17) is 4.74 Å². The lowest BCUT2D eigenvalue weighted by Gasteiger charge is -2.12. The molecule has 0 saturated heterocycles. The molecular formula is C19H16F3N5O5. The van der Waals surface area contributed by atoms with Crippen molar-refractivity contribution in [1.82, 2.24) is 19.1 Å². The van der Waals surface area contributed by atoms with Gasteiger partial charge >= 0.3 is 11.9 Å². The van der Waals surface area contributed by atoms with E-state index >= 15 is 0 Å². The van der Waals surface area contributed by atoms with Crippen molar-refractivity contribution in [3.8, 4) is 17.5 Å². The molecule has 0 bridgehead atoms. The van der Waals surface area contributed by atoms with Crippen LogP contribution in [0.5, 0.6) is 17.5 Å². The maximum Gasteiger partial charge on any atom is 0.433 e. The number of carbonyl (C=O) groups is 1. The summed E-state index contributed by atoms with van der Waals surface area (Å²) in [5.74, 6) is -2.09. The van der Waals surface area contributed by atoms with E-state index in [0.717, 1.165) is 11.6 Å². The lowest BCUT2D eigenvalue weighted by Crippen LogP contribution is -2.40. The lowest BCUT2D eigenvalue weighted by molar-refractivity contribution is -0.141. The number of alkyl halides is 3. The Hall–Kier alpha value is -4.16. The van der Waals surface area contributed by atoms with E-state index < -0.39 is 40.5 Å². The third kappa shape index (κ3) is 4.45. The zero-order valence-electron chi connectivity index (χ0n) is 16.9. The second-order valence-corrected chi connectivity index (χ2v) is 6.62. The van der Waals surface area contributed by atoms with Crippen molar-refractivity contribution in [2.24, 2.45) is 14.1 Å². The largest absolute Gasteiger partial charge is 0.494 e. The van der Waals surface area contributed by atoms with E-state index in [0.29, 0.717) is 10.6 Å². The van der Waals surface area contributed by atoms with Gasteiger partial charge in [0.25, 0.3) is 11.5 Å². The molecule has 0 saturated carbocycles. The van der Waals surface area contributed by atoms with Gasteiger partial charge in [-0.25, -0.2) is 9.78 Å². The number of aryl methyl sites for hydroxylation is 1. The highest BCUT2D eigenvalue weighted by atomic mass is 19.4. The van der Waals surface area contributed by atoms with Gasteiger partial charge in [-0.2, -0.15) is 18.2 Å². The number of carbonyl (C=O) groups excluding carboxylic acids is 1. The molecule has 32 heavy (non-hydrogen) atoms. The third-order valence-electron chi connectivity index (χ3n) is 4.30. The number of nitrogens with zero attached hydrogens (tertiary/aromatic N) is 4. The number of aromatic nitrogens is 4. The van der Waals surface area contributed by atoms with Gasteiger partial charge in [-0.15, -0.1) is 0 Å². The van der Waals surface area contributed by atoms with E-state index in [9.17, 15) is 32.7 Å². The molecule has 10 nitrogen and oxygen atoms in total. The number of halogens is 3. The normalized spacial score (nSPS) is 11.3. The van der Waals surface area contributed by atoms with Crippen molar-refractivity contribution >= 4 is 11.6 Å². The average molecular weight is 451 g/mol. The predicted molar refractivity (Wildman–Crippen MR) is 105 cm³/mol. The van der Waals surface area contributed by atoms with Crippen molar-refractivity contribution in [1.29, 1.82) is 0 Å². The molecule has 1 amide bonds. The maximum atomic E-state index is 12.9. The van der Waals surface area contributed by atoms with Crippen LogP contribution in [0.4, 0.5) is 18.9 Å². The lowest BCUT2D eigenvalue weighted by atomic mass is 10.2. The molecule has 0 unspecified atom stereocenters. The fourth-order valence-corrected chi connectivity index (χ4v) is 2.69. The second kappa shape index (κ2) is 8.17. The Balaban J connectivity index is 1.81. The fraction of sp³-hybridized carbons (Fsp3) is 0.211. The first-order chi connectivity index (χ1) is 14.9. The van der Waals surface area contributed by atoms with E-state index in [1.807, 2.05) is 0 Å². The molecule has 0 atom stereocenters. The van der Waals surface area contributed by atoms with Crippen LogP contribution in [0, 0.1) is 6.92 Å². The molecule has 2 heterocycles. The summed E-state index contributed by atoms with van der Waals surface area (Å²) in [5.41, 5.74) is -3.39. The average Bonchev–Trinajstić information content (AvgIpc) is 2.71. The first kappa shape index (κ1) is 22.5. The van der Waals surface area contributed by atoms with Crippen molar-refractivity contribution in [2.45, 2.75) is 13.1 Å². The summed E-state index contributed by atoms with van der Waals surface area (Å²) in [6, 6.07) is 6.06. The zero-order valence-corrected chi connectivity index (χ0v) is 16.9. The quantitative estimate of drug-likeness (QED) is 0.621. The van der Waals surface area contributed by atoms with Gasteiger partial charge in [0.05, 0.1) is 0 Å². The molecule has 3 rings (SSSR count). The number of hydrogen-bond acceptors (Lipinski definition) is 7. The highest BCUT2D eigenvalue weighted by molar-refractivity contribution is 6.05. The minimum absolute atomic E-state index is 0.120. The first-order valence-electron chi connectivity index (χ1n) is 8.89. The zero-order chi connectivity index (χ0) is 23.8. The summed E-state index contributed by atoms with van der Waals surface area (Å²) < 4.78 is 45.4. The van der Waals surface area contributed by atoms with Gasteiger partial charge < -0.3 is 15.2 Å². The van der Waals surface area contributed by atoms with Gasteiger partial charge in [0.1, 0.15) is 11.6 Å². The molecule has 0 aliphatic rings. The Labute approximate surface area is 177 Å². The molecule has 2 N–H and O–H groups in total. The summed E-state index contributed by atoms with van der Waals surface area (Å²) in [4.78, 5) is 43.6. The molecule has 0 radical (unpaired) electrons. The summed E-state index contributed by atoms with van der Waals surface area (Å²) in [5, 5.41) is 12.4. The van der Waals surface area contributed by atoms with E-state index in [2.05, 4.69) is 15.3 Å². The van der Waals surface area contributed by atoms with E-state index in [-0.39, 0.29) is 23.1 Å². The smallest absolute Gasteiger partial charge is 0.433 e. The number of anilines is 1. The van der Waals surface area contributed by atoms with Crippen molar-refractivity contribution in [2.75, 3.05) is 5.32 Å². The molecule has 0 fully saturated rings. The number of amides is 1. The van der Waals surface area contributed by atoms with Crippen molar-refractivity contribution in [3.63, 3.8) is 0 Å². The summed E-state index contributed by atoms with van der Waals surface area (Å²) in [6.07, 6.45) is -4.66. The molecule has 0 aliphatic heterocycles. The molecule has 0 aliphatic carbocycles. The Kier molecular flexibility index (Phi) is 5.75. The molecule has 0 spiro atoms. The molecule has 3 aromatic rings. The summed E-state index contributed by atoms with van der Waals surface area (Å²) in [7, 11) is 2.35. The minimum atomic E-state index is -4.66. The van der Waals surface area contributed by atoms with Crippen LogP contribution in [0.3, 0.4) is 0 Å². The van der Waals surface area contributed by atoms with Gasteiger partial charge in [0.15, 0.2) is 11.3 Å². The van der Waals surface area contributed by atoms with Crippen LogP contribution in [0.25, 0.3) is 0 Å².